The Morgan fingerprint density at radius 3 is 2.69 bits per heavy atom. The Kier molecular flexibility index (Phi) is 6.19. The van der Waals surface area contributed by atoms with Gasteiger partial charge in [-0.25, -0.2) is 4.98 Å². The van der Waals surface area contributed by atoms with Crippen molar-refractivity contribution in [2.45, 2.75) is 32.1 Å². The number of rotatable bonds is 5. The predicted octanol–water partition coefficient (Wildman–Crippen LogP) is 4.57. The summed E-state index contributed by atoms with van der Waals surface area (Å²) in [6.45, 7) is 6.38. The number of likely N-dealkylation sites (N-methyl/N-ethyl adjacent to an activating group) is 1. The molecule has 1 aliphatic rings. The molecule has 2 aromatic heterocycles. The molecule has 0 radical (unpaired) electrons. The number of allylic oxidation sites excluding steroid dienone is 1. The highest BCUT2D eigenvalue weighted by molar-refractivity contribution is 6.09. The first kappa shape index (κ1) is 21.9. The van der Waals surface area contributed by atoms with Crippen LogP contribution in [0.15, 0.2) is 66.9 Å². The van der Waals surface area contributed by atoms with Gasteiger partial charge in [-0.3, -0.25) is 10.4 Å². The fourth-order valence-electron chi connectivity index (χ4n) is 4.50. The van der Waals surface area contributed by atoms with Gasteiger partial charge in [-0.1, -0.05) is 43.3 Å². The monoisotopic (exact) mass is 427 g/mol. The molecule has 5 heteroatoms. The minimum Gasteiger partial charge on any atom is -0.592 e. The van der Waals surface area contributed by atoms with Crippen molar-refractivity contribution < 1.29 is 5.11 Å². The first-order valence-corrected chi connectivity index (χ1v) is 11.1. The van der Waals surface area contributed by atoms with Crippen LogP contribution < -0.4 is 0 Å². The highest BCUT2D eigenvalue weighted by Gasteiger charge is 2.32. The first-order chi connectivity index (χ1) is 15.4. The highest BCUT2D eigenvalue weighted by Crippen LogP contribution is 2.34. The van der Waals surface area contributed by atoms with E-state index in [1.807, 2.05) is 61.7 Å². The molecule has 5 nitrogen and oxygen atoms in total. The summed E-state index contributed by atoms with van der Waals surface area (Å²) >= 11 is 0. The lowest BCUT2D eigenvalue weighted by molar-refractivity contribution is 0.185. The van der Waals surface area contributed by atoms with Gasteiger partial charge < -0.3 is 10.0 Å². The van der Waals surface area contributed by atoms with Gasteiger partial charge in [0.05, 0.1) is 17.5 Å². The lowest BCUT2D eigenvalue weighted by Crippen LogP contribution is -2.42. The van der Waals surface area contributed by atoms with E-state index in [4.69, 9.17) is 20.5 Å². The van der Waals surface area contributed by atoms with Gasteiger partial charge in [0.15, 0.2) is 5.69 Å². The molecule has 1 saturated heterocycles. The summed E-state index contributed by atoms with van der Waals surface area (Å²) < 4.78 is 0. The second-order valence-corrected chi connectivity index (χ2v) is 9.03. The SMILES string of the molecule is Cc1ccc(-c2ccnc(C3(C)CCCN(C)C3)c2)nc1/C([OH2+])=C/C(=N)c1ccccc1. The number of nitrogens with one attached hydrogen (secondary N) is 1. The van der Waals surface area contributed by atoms with Crippen LogP contribution in [0.4, 0.5) is 0 Å². The number of nitrogens with zero attached hydrogens (tertiary/aromatic N) is 3. The van der Waals surface area contributed by atoms with Crippen molar-refractivity contribution in [3.63, 3.8) is 0 Å². The normalized spacial score (nSPS) is 19.7. The quantitative estimate of drug-likeness (QED) is 0.368. The molecule has 1 atom stereocenters. The standard InChI is InChI=1S/C27H30N4O/c1-19-10-11-23(30-26(19)24(32)17-22(28)20-8-5-4-6-9-20)21-12-14-29-25(16-21)27(2)13-7-15-31(3)18-27/h4-6,8-12,14,16-17,28,32H,7,13,15,18H2,1-3H3/p+1/b24-17-,28-22?. The molecule has 4 rings (SSSR count). The van der Waals surface area contributed by atoms with Crippen molar-refractivity contribution in [2.75, 3.05) is 20.1 Å². The topological polar surface area (TPSA) is 75.8 Å². The van der Waals surface area contributed by atoms with Crippen LogP contribution in [0.25, 0.3) is 17.0 Å². The average Bonchev–Trinajstić information content (AvgIpc) is 2.80. The number of hydrogen-bond acceptors (Lipinski definition) is 4. The molecule has 1 aliphatic heterocycles. The van der Waals surface area contributed by atoms with E-state index in [9.17, 15) is 0 Å². The van der Waals surface area contributed by atoms with Crippen LogP contribution in [0.3, 0.4) is 0 Å². The number of aryl methyl sites for hydroxylation is 1. The summed E-state index contributed by atoms with van der Waals surface area (Å²) in [7, 11) is 2.17. The van der Waals surface area contributed by atoms with Crippen LogP contribution in [0.5, 0.6) is 0 Å². The van der Waals surface area contributed by atoms with E-state index in [-0.39, 0.29) is 11.2 Å². The maximum Gasteiger partial charge on any atom is 0.282 e. The van der Waals surface area contributed by atoms with Crippen LogP contribution in [0.2, 0.25) is 0 Å². The Morgan fingerprint density at radius 1 is 1.16 bits per heavy atom. The number of benzene rings is 1. The van der Waals surface area contributed by atoms with Crippen LogP contribution in [0, 0.1) is 12.3 Å². The summed E-state index contributed by atoms with van der Waals surface area (Å²) in [6, 6.07) is 17.6. The molecule has 32 heavy (non-hydrogen) atoms. The number of pyridine rings is 2. The van der Waals surface area contributed by atoms with Gasteiger partial charge >= 0.3 is 0 Å². The summed E-state index contributed by atoms with van der Waals surface area (Å²) in [5.74, 6) is 0.244. The smallest absolute Gasteiger partial charge is 0.282 e. The maximum atomic E-state index is 8.59. The Labute approximate surface area is 190 Å². The summed E-state index contributed by atoms with van der Waals surface area (Å²) in [5.41, 5.74) is 5.58. The average molecular weight is 428 g/mol. The zero-order chi connectivity index (χ0) is 22.7. The molecule has 0 amide bonds. The van der Waals surface area contributed by atoms with E-state index in [2.05, 4.69) is 24.9 Å². The molecule has 1 aromatic carbocycles. The predicted molar refractivity (Wildman–Crippen MR) is 131 cm³/mol. The first-order valence-electron chi connectivity index (χ1n) is 11.1. The fourth-order valence-corrected chi connectivity index (χ4v) is 4.50. The van der Waals surface area contributed by atoms with Crippen LogP contribution in [-0.2, 0) is 5.41 Å². The van der Waals surface area contributed by atoms with Crippen molar-refractivity contribution in [3.8, 4) is 11.3 Å². The molecule has 1 unspecified atom stereocenters. The number of hydrogen-bond donors (Lipinski definition) is 1. The number of likely N-dealkylation sites (tertiary alicyclic amines) is 1. The van der Waals surface area contributed by atoms with E-state index in [1.54, 1.807) is 6.08 Å². The molecular weight excluding hydrogens is 396 g/mol. The second kappa shape index (κ2) is 9.05. The molecule has 3 heterocycles. The Bertz CT molecular complexity index is 1160. The number of piperidine rings is 1. The third kappa shape index (κ3) is 4.63. The fraction of sp³-hybridized carbons (Fsp3) is 0.296. The number of aromatic nitrogens is 2. The minimum absolute atomic E-state index is 0.0296. The Morgan fingerprint density at radius 2 is 1.94 bits per heavy atom. The zero-order valence-electron chi connectivity index (χ0n) is 19.0. The van der Waals surface area contributed by atoms with E-state index in [0.717, 1.165) is 47.6 Å². The van der Waals surface area contributed by atoms with E-state index in [0.29, 0.717) is 11.4 Å². The third-order valence-electron chi connectivity index (χ3n) is 6.29. The van der Waals surface area contributed by atoms with Crippen molar-refractivity contribution in [1.29, 1.82) is 5.41 Å². The van der Waals surface area contributed by atoms with Gasteiger partial charge in [0, 0.05) is 29.4 Å². The van der Waals surface area contributed by atoms with Crippen molar-refractivity contribution in [3.05, 3.63) is 89.4 Å². The highest BCUT2D eigenvalue weighted by atomic mass is 16.3. The van der Waals surface area contributed by atoms with E-state index >= 15 is 0 Å². The molecule has 0 bridgehead atoms. The van der Waals surface area contributed by atoms with E-state index in [1.165, 1.54) is 6.42 Å². The van der Waals surface area contributed by atoms with Crippen molar-refractivity contribution in [1.82, 2.24) is 14.9 Å². The van der Waals surface area contributed by atoms with Gasteiger partial charge in [-0.15, -0.1) is 0 Å². The molecule has 1 fully saturated rings. The molecule has 0 spiro atoms. The molecule has 164 valence electrons. The Balaban J connectivity index is 1.66. The molecule has 0 saturated carbocycles. The van der Waals surface area contributed by atoms with Crippen LogP contribution in [0.1, 0.15) is 42.3 Å². The summed E-state index contributed by atoms with van der Waals surface area (Å²) in [5, 5.41) is 16.9. The van der Waals surface area contributed by atoms with Gasteiger partial charge in [-0.05, 0) is 62.7 Å². The Hall–Kier alpha value is -3.31. The van der Waals surface area contributed by atoms with Crippen LogP contribution in [-0.4, -0.2) is 45.8 Å². The molecular formula is C27H31N4O+. The zero-order valence-corrected chi connectivity index (χ0v) is 19.0. The van der Waals surface area contributed by atoms with Crippen molar-refractivity contribution in [2.24, 2.45) is 0 Å². The molecule has 3 aromatic rings. The molecule has 0 aliphatic carbocycles. The van der Waals surface area contributed by atoms with Gasteiger partial charge in [0.1, 0.15) is 0 Å². The van der Waals surface area contributed by atoms with Gasteiger partial charge in [0.25, 0.3) is 5.76 Å². The van der Waals surface area contributed by atoms with Crippen molar-refractivity contribution >= 4 is 11.5 Å². The second-order valence-electron chi connectivity index (χ2n) is 9.03. The maximum absolute atomic E-state index is 8.59. The minimum atomic E-state index is 0.0296. The van der Waals surface area contributed by atoms with Gasteiger partial charge in [-0.2, -0.15) is 0 Å². The van der Waals surface area contributed by atoms with Gasteiger partial charge in [0.2, 0.25) is 0 Å². The third-order valence-corrected chi connectivity index (χ3v) is 6.29. The lowest BCUT2D eigenvalue weighted by atomic mass is 9.78. The largest absolute Gasteiger partial charge is 0.592 e. The summed E-state index contributed by atoms with van der Waals surface area (Å²) in [4.78, 5) is 11.9. The lowest BCUT2D eigenvalue weighted by Gasteiger charge is -2.38. The van der Waals surface area contributed by atoms with Crippen LogP contribution >= 0.6 is 0 Å². The van der Waals surface area contributed by atoms with E-state index < -0.39 is 0 Å². The summed E-state index contributed by atoms with van der Waals surface area (Å²) in [6.07, 6.45) is 5.74. The molecule has 3 N–H and O–H groups in total.